The molecule has 0 aromatic heterocycles. The van der Waals surface area contributed by atoms with Crippen molar-refractivity contribution >= 4 is 0 Å². The van der Waals surface area contributed by atoms with E-state index in [1.165, 1.54) is 12.1 Å². The molecule has 106 valence electrons. The number of benzene rings is 2. The van der Waals surface area contributed by atoms with Crippen LogP contribution in [0.2, 0.25) is 0 Å². The molecule has 0 aliphatic rings. The molecule has 1 atom stereocenters. The van der Waals surface area contributed by atoms with E-state index < -0.39 is 5.82 Å². The van der Waals surface area contributed by atoms with Gasteiger partial charge in [0, 0.05) is 5.56 Å². The summed E-state index contributed by atoms with van der Waals surface area (Å²) in [5.74, 6) is -0.804. The summed E-state index contributed by atoms with van der Waals surface area (Å²) < 4.78 is 27.5. The summed E-state index contributed by atoms with van der Waals surface area (Å²) in [7, 11) is 0. The second kappa shape index (κ2) is 6.62. The maximum Gasteiger partial charge on any atom is 0.128 e. The molecule has 2 aromatic carbocycles. The Kier molecular flexibility index (Phi) is 4.85. The van der Waals surface area contributed by atoms with E-state index in [-0.39, 0.29) is 11.9 Å². The monoisotopic (exact) mass is 275 g/mol. The highest BCUT2D eigenvalue weighted by Gasteiger charge is 2.19. The first-order valence-electron chi connectivity index (χ1n) is 6.93. The molecule has 0 aliphatic carbocycles. The van der Waals surface area contributed by atoms with E-state index in [1.54, 1.807) is 0 Å². The molecule has 0 saturated heterocycles. The van der Waals surface area contributed by atoms with Crippen molar-refractivity contribution in [3.05, 3.63) is 70.8 Å². The fourth-order valence-corrected chi connectivity index (χ4v) is 2.47. The summed E-state index contributed by atoms with van der Waals surface area (Å²) in [6.07, 6.45) is 0.856. The van der Waals surface area contributed by atoms with Crippen molar-refractivity contribution in [3.8, 4) is 0 Å². The number of halogens is 2. The zero-order valence-electron chi connectivity index (χ0n) is 11.8. The van der Waals surface area contributed by atoms with Crippen molar-refractivity contribution in [1.29, 1.82) is 0 Å². The summed E-state index contributed by atoms with van der Waals surface area (Å²) in [5.41, 5.74) is 2.50. The topological polar surface area (TPSA) is 12.0 Å². The van der Waals surface area contributed by atoms with Gasteiger partial charge in [-0.3, -0.25) is 0 Å². The standard InChI is InChI=1S/C17H19F2N/c1-3-12-7-5-6-8-14(12)17(20-4-2)15-11-13(18)9-10-16(15)19/h5-11,17,20H,3-4H2,1-2H3. The van der Waals surface area contributed by atoms with Crippen LogP contribution in [0.3, 0.4) is 0 Å². The predicted molar refractivity (Wildman–Crippen MR) is 77.7 cm³/mol. The second-order valence-electron chi connectivity index (χ2n) is 4.71. The second-order valence-corrected chi connectivity index (χ2v) is 4.71. The molecule has 2 rings (SSSR count). The molecular weight excluding hydrogens is 256 g/mol. The van der Waals surface area contributed by atoms with Gasteiger partial charge in [0.15, 0.2) is 0 Å². The molecule has 1 unspecified atom stereocenters. The van der Waals surface area contributed by atoms with Gasteiger partial charge in [0.1, 0.15) is 11.6 Å². The minimum Gasteiger partial charge on any atom is -0.306 e. The van der Waals surface area contributed by atoms with E-state index >= 15 is 0 Å². The summed E-state index contributed by atoms with van der Waals surface area (Å²) >= 11 is 0. The van der Waals surface area contributed by atoms with Crippen molar-refractivity contribution in [2.24, 2.45) is 0 Å². The van der Waals surface area contributed by atoms with Crippen LogP contribution in [0.1, 0.15) is 36.6 Å². The van der Waals surface area contributed by atoms with Crippen LogP contribution in [0.25, 0.3) is 0 Å². The SMILES string of the molecule is CCNC(c1cc(F)ccc1F)c1ccccc1CC. The first-order valence-corrected chi connectivity index (χ1v) is 6.93. The molecule has 20 heavy (non-hydrogen) atoms. The van der Waals surface area contributed by atoms with Gasteiger partial charge in [0.05, 0.1) is 6.04 Å². The Morgan fingerprint density at radius 2 is 1.75 bits per heavy atom. The fourth-order valence-electron chi connectivity index (χ4n) is 2.47. The lowest BCUT2D eigenvalue weighted by Gasteiger charge is -2.22. The maximum atomic E-state index is 14.1. The molecule has 0 fully saturated rings. The van der Waals surface area contributed by atoms with Gasteiger partial charge in [-0.25, -0.2) is 8.78 Å². The van der Waals surface area contributed by atoms with Crippen molar-refractivity contribution in [2.75, 3.05) is 6.54 Å². The number of nitrogens with one attached hydrogen (secondary N) is 1. The maximum absolute atomic E-state index is 14.1. The van der Waals surface area contributed by atoms with Gasteiger partial charge in [-0.05, 0) is 42.3 Å². The highest BCUT2D eigenvalue weighted by molar-refractivity contribution is 5.38. The van der Waals surface area contributed by atoms with Gasteiger partial charge >= 0.3 is 0 Å². The van der Waals surface area contributed by atoms with E-state index in [2.05, 4.69) is 12.2 Å². The van der Waals surface area contributed by atoms with Crippen LogP contribution in [-0.4, -0.2) is 6.54 Å². The molecule has 3 heteroatoms. The molecule has 2 aromatic rings. The number of hydrogen-bond donors (Lipinski definition) is 1. The van der Waals surface area contributed by atoms with Crippen molar-refractivity contribution < 1.29 is 8.78 Å². The highest BCUT2D eigenvalue weighted by Crippen LogP contribution is 2.28. The van der Waals surface area contributed by atoms with Crippen LogP contribution in [0.5, 0.6) is 0 Å². The quantitative estimate of drug-likeness (QED) is 0.861. The molecular formula is C17H19F2N. The van der Waals surface area contributed by atoms with E-state index in [9.17, 15) is 8.78 Å². The Morgan fingerprint density at radius 1 is 1.00 bits per heavy atom. The fraction of sp³-hybridized carbons (Fsp3) is 0.294. The highest BCUT2D eigenvalue weighted by atomic mass is 19.1. The molecule has 0 aliphatic heterocycles. The third-order valence-electron chi connectivity index (χ3n) is 3.42. The Bertz CT molecular complexity index is 581. The van der Waals surface area contributed by atoms with Gasteiger partial charge < -0.3 is 5.32 Å². The molecule has 0 spiro atoms. The summed E-state index contributed by atoms with van der Waals surface area (Å²) in [5, 5.41) is 3.25. The predicted octanol–water partition coefficient (Wildman–Crippen LogP) is 4.23. The molecule has 0 heterocycles. The van der Waals surface area contributed by atoms with Crippen LogP contribution < -0.4 is 5.32 Å². The van der Waals surface area contributed by atoms with Gasteiger partial charge in [-0.2, -0.15) is 0 Å². The van der Waals surface area contributed by atoms with E-state index in [0.29, 0.717) is 12.1 Å². The van der Waals surface area contributed by atoms with E-state index in [4.69, 9.17) is 0 Å². The van der Waals surface area contributed by atoms with Crippen LogP contribution in [0, 0.1) is 11.6 Å². The molecule has 0 amide bonds. The summed E-state index contributed by atoms with van der Waals surface area (Å²) in [6.45, 7) is 4.70. The minimum absolute atomic E-state index is 0.327. The van der Waals surface area contributed by atoms with Crippen LogP contribution in [0.15, 0.2) is 42.5 Å². The molecule has 0 saturated carbocycles. The lowest BCUT2D eigenvalue weighted by atomic mass is 9.93. The van der Waals surface area contributed by atoms with Gasteiger partial charge in [0.2, 0.25) is 0 Å². The third-order valence-corrected chi connectivity index (χ3v) is 3.42. The molecule has 0 bridgehead atoms. The zero-order chi connectivity index (χ0) is 14.5. The first-order chi connectivity index (χ1) is 9.67. The molecule has 0 radical (unpaired) electrons. The Hall–Kier alpha value is -1.74. The largest absolute Gasteiger partial charge is 0.306 e. The number of hydrogen-bond acceptors (Lipinski definition) is 1. The van der Waals surface area contributed by atoms with Crippen molar-refractivity contribution in [1.82, 2.24) is 5.32 Å². The summed E-state index contributed by atoms with van der Waals surface area (Å²) in [6, 6.07) is 11.2. The van der Waals surface area contributed by atoms with Crippen molar-refractivity contribution in [3.63, 3.8) is 0 Å². The summed E-state index contributed by atoms with van der Waals surface area (Å²) in [4.78, 5) is 0. The number of rotatable bonds is 5. The average Bonchev–Trinajstić information content (AvgIpc) is 2.47. The zero-order valence-corrected chi connectivity index (χ0v) is 11.8. The first kappa shape index (κ1) is 14.7. The van der Waals surface area contributed by atoms with Crippen LogP contribution >= 0.6 is 0 Å². The van der Waals surface area contributed by atoms with Crippen molar-refractivity contribution in [2.45, 2.75) is 26.3 Å². The normalized spacial score (nSPS) is 12.4. The number of aryl methyl sites for hydroxylation is 1. The van der Waals surface area contributed by atoms with Gasteiger partial charge in [-0.1, -0.05) is 38.1 Å². The Labute approximate surface area is 118 Å². The smallest absolute Gasteiger partial charge is 0.128 e. The third kappa shape index (κ3) is 3.05. The Morgan fingerprint density at radius 3 is 2.45 bits per heavy atom. The van der Waals surface area contributed by atoms with Crippen LogP contribution in [-0.2, 0) is 6.42 Å². The van der Waals surface area contributed by atoms with Gasteiger partial charge in [-0.15, -0.1) is 0 Å². The van der Waals surface area contributed by atoms with E-state index in [0.717, 1.165) is 23.6 Å². The van der Waals surface area contributed by atoms with Crippen LogP contribution in [0.4, 0.5) is 8.78 Å². The lowest BCUT2D eigenvalue weighted by Crippen LogP contribution is -2.24. The average molecular weight is 275 g/mol. The Balaban J connectivity index is 2.53. The molecule has 1 nitrogen and oxygen atoms in total. The molecule has 1 N–H and O–H groups in total. The van der Waals surface area contributed by atoms with Gasteiger partial charge in [0.25, 0.3) is 0 Å². The lowest BCUT2D eigenvalue weighted by molar-refractivity contribution is 0.543. The minimum atomic E-state index is -0.418. The van der Waals surface area contributed by atoms with E-state index in [1.807, 2.05) is 31.2 Å².